The van der Waals surface area contributed by atoms with Crippen molar-refractivity contribution in [2.75, 3.05) is 0 Å². The topological polar surface area (TPSA) is 20.2 Å². The van der Waals surface area contributed by atoms with E-state index in [-0.39, 0.29) is 0 Å². The van der Waals surface area contributed by atoms with Crippen LogP contribution < -0.4 is 0 Å². The van der Waals surface area contributed by atoms with E-state index in [1.54, 1.807) is 0 Å². The van der Waals surface area contributed by atoms with Crippen molar-refractivity contribution in [2.45, 2.75) is 63.6 Å². The molecule has 1 atom stereocenters. The maximum Gasteiger partial charge on any atom is 0.129 e. The minimum atomic E-state index is -0.997. The summed E-state index contributed by atoms with van der Waals surface area (Å²) in [6, 6.07) is 0. The predicted octanol–water partition coefficient (Wildman–Crippen LogP) is 2.82. The van der Waals surface area contributed by atoms with Gasteiger partial charge in [0.2, 0.25) is 0 Å². The third-order valence-corrected chi connectivity index (χ3v) is 2.84. The number of alkyl halides is 1. The first kappa shape index (κ1) is 9.97. The molecular weight excluding hydrogens is 155 g/mol. The molecule has 0 radical (unpaired) electrons. The highest BCUT2D eigenvalue weighted by Gasteiger charge is 2.37. The Balaban J connectivity index is 2.44. The Hall–Kier alpha value is -0.110. The number of hydrogen-bond acceptors (Lipinski definition) is 1. The Bertz CT molecular complexity index is 130. The molecule has 1 fully saturated rings. The summed E-state index contributed by atoms with van der Waals surface area (Å²) in [4.78, 5) is 0. The fraction of sp³-hybridized carbons (Fsp3) is 1.00. The highest BCUT2D eigenvalue weighted by Crippen LogP contribution is 2.34. The van der Waals surface area contributed by atoms with Crippen molar-refractivity contribution in [1.82, 2.24) is 0 Å². The quantitative estimate of drug-likeness (QED) is 0.697. The van der Waals surface area contributed by atoms with E-state index in [0.29, 0.717) is 19.3 Å². The molecule has 0 bridgehead atoms. The van der Waals surface area contributed by atoms with Crippen LogP contribution in [0.15, 0.2) is 0 Å². The highest BCUT2D eigenvalue weighted by molar-refractivity contribution is 4.89. The highest BCUT2D eigenvalue weighted by atomic mass is 19.1. The fourth-order valence-corrected chi connectivity index (χ4v) is 2.00. The average molecular weight is 174 g/mol. The van der Waals surface area contributed by atoms with E-state index in [0.717, 1.165) is 25.7 Å². The summed E-state index contributed by atoms with van der Waals surface area (Å²) in [6.45, 7) is 1.96. The molecule has 1 nitrogen and oxygen atoms in total. The van der Waals surface area contributed by atoms with Crippen molar-refractivity contribution >= 4 is 0 Å². The van der Waals surface area contributed by atoms with Gasteiger partial charge in [0.25, 0.3) is 0 Å². The summed E-state index contributed by atoms with van der Waals surface area (Å²) < 4.78 is 13.4. The van der Waals surface area contributed by atoms with E-state index in [1.807, 2.05) is 6.92 Å². The Morgan fingerprint density at radius 3 is 2.42 bits per heavy atom. The molecule has 0 amide bonds. The molecule has 1 N–H and O–H groups in total. The second-order valence-electron chi connectivity index (χ2n) is 3.92. The average Bonchev–Trinajstić information content (AvgIpc) is 2.06. The van der Waals surface area contributed by atoms with Crippen molar-refractivity contribution in [3.8, 4) is 0 Å². The van der Waals surface area contributed by atoms with Gasteiger partial charge in [-0.15, -0.1) is 0 Å². The van der Waals surface area contributed by atoms with Gasteiger partial charge in [0, 0.05) is 0 Å². The van der Waals surface area contributed by atoms with Gasteiger partial charge in [-0.25, -0.2) is 4.39 Å². The van der Waals surface area contributed by atoms with Crippen LogP contribution in [0.2, 0.25) is 0 Å². The first-order valence-corrected chi connectivity index (χ1v) is 5.05. The van der Waals surface area contributed by atoms with Crippen LogP contribution in [0.25, 0.3) is 0 Å². The van der Waals surface area contributed by atoms with Gasteiger partial charge in [-0.1, -0.05) is 32.6 Å². The molecule has 2 heteroatoms. The van der Waals surface area contributed by atoms with Crippen LogP contribution in [0.3, 0.4) is 0 Å². The predicted molar refractivity (Wildman–Crippen MR) is 47.8 cm³/mol. The van der Waals surface area contributed by atoms with Gasteiger partial charge in [0.1, 0.15) is 6.17 Å². The number of rotatable bonds is 3. The Morgan fingerprint density at radius 2 is 1.92 bits per heavy atom. The molecular formula is C10H19FO. The molecule has 0 saturated heterocycles. The van der Waals surface area contributed by atoms with Crippen molar-refractivity contribution in [3.05, 3.63) is 0 Å². The van der Waals surface area contributed by atoms with Crippen LogP contribution >= 0.6 is 0 Å². The third kappa shape index (κ3) is 2.19. The lowest BCUT2D eigenvalue weighted by Crippen LogP contribution is -2.41. The van der Waals surface area contributed by atoms with Crippen molar-refractivity contribution in [1.29, 1.82) is 0 Å². The summed E-state index contributed by atoms with van der Waals surface area (Å²) in [5.74, 6) is 0. The third-order valence-electron chi connectivity index (χ3n) is 2.84. The van der Waals surface area contributed by atoms with Crippen LogP contribution in [0, 0.1) is 0 Å². The molecule has 0 aromatic carbocycles. The molecule has 0 heterocycles. The zero-order valence-corrected chi connectivity index (χ0v) is 7.85. The van der Waals surface area contributed by atoms with Gasteiger partial charge in [0.05, 0.1) is 5.60 Å². The Morgan fingerprint density at radius 1 is 1.33 bits per heavy atom. The van der Waals surface area contributed by atoms with Crippen LogP contribution in [0.4, 0.5) is 4.39 Å². The number of halogens is 1. The summed E-state index contributed by atoms with van der Waals surface area (Å²) in [7, 11) is 0. The maximum absolute atomic E-state index is 13.4. The lowest BCUT2D eigenvalue weighted by atomic mass is 9.80. The van der Waals surface area contributed by atoms with E-state index in [2.05, 4.69) is 0 Å². The molecule has 1 rings (SSSR count). The minimum Gasteiger partial charge on any atom is -0.387 e. The largest absolute Gasteiger partial charge is 0.387 e. The normalized spacial score (nSPS) is 25.2. The van der Waals surface area contributed by atoms with Crippen LogP contribution in [0.5, 0.6) is 0 Å². The molecule has 12 heavy (non-hydrogen) atoms. The van der Waals surface area contributed by atoms with Crippen LogP contribution in [0.1, 0.15) is 51.9 Å². The van der Waals surface area contributed by atoms with E-state index in [1.165, 1.54) is 0 Å². The van der Waals surface area contributed by atoms with Gasteiger partial charge in [-0.05, 0) is 19.3 Å². The van der Waals surface area contributed by atoms with Crippen molar-refractivity contribution in [3.63, 3.8) is 0 Å². The molecule has 1 aliphatic rings. The first-order chi connectivity index (χ1) is 5.69. The van der Waals surface area contributed by atoms with Crippen molar-refractivity contribution < 1.29 is 9.50 Å². The molecule has 1 unspecified atom stereocenters. The fourth-order valence-electron chi connectivity index (χ4n) is 2.00. The van der Waals surface area contributed by atoms with Gasteiger partial charge in [-0.2, -0.15) is 0 Å². The second kappa shape index (κ2) is 4.22. The van der Waals surface area contributed by atoms with E-state index >= 15 is 0 Å². The lowest BCUT2D eigenvalue weighted by molar-refractivity contribution is -0.0652. The molecule has 0 aliphatic heterocycles. The van der Waals surface area contributed by atoms with Gasteiger partial charge < -0.3 is 5.11 Å². The zero-order chi connectivity index (χ0) is 9.03. The minimum absolute atomic E-state index is 0.510. The van der Waals surface area contributed by atoms with Gasteiger partial charge in [0.15, 0.2) is 0 Å². The Kier molecular flexibility index (Phi) is 3.51. The standard InChI is InChI=1S/C10H19FO/c1-2-6-9(11)10(12)7-4-3-5-8-10/h9,12H,2-8H2,1H3. The summed E-state index contributed by atoms with van der Waals surface area (Å²) in [5.41, 5.74) is -0.978. The second-order valence-corrected chi connectivity index (χ2v) is 3.92. The molecule has 1 saturated carbocycles. The van der Waals surface area contributed by atoms with E-state index in [9.17, 15) is 9.50 Å². The number of aliphatic hydroxyl groups is 1. The summed E-state index contributed by atoms with van der Waals surface area (Å²) in [6.07, 6.45) is 4.79. The molecule has 72 valence electrons. The van der Waals surface area contributed by atoms with Crippen LogP contribution in [-0.4, -0.2) is 16.9 Å². The molecule has 1 aliphatic carbocycles. The van der Waals surface area contributed by atoms with Crippen molar-refractivity contribution in [2.24, 2.45) is 0 Å². The van der Waals surface area contributed by atoms with Gasteiger partial charge in [-0.3, -0.25) is 0 Å². The molecule has 0 aromatic rings. The Labute approximate surface area is 74.0 Å². The van der Waals surface area contributed by atoms with E-state index in [4.69, 9.17) is 0 Å². The van der Waals surface area contributed by atoms with Crippen LogP contribution in [-0.2, 0) is 0 Å². The number of hydrogen-bond donors (Lipinski definition) is 1. The molecule has 0 aromatic heterocycles. The smallest absolute Gasteiger partial charge is 0.129 e. The maximum atomic E-state index is 13.4. The lowest BCUT2D eigenvalue weighted by Gasteiger charge is -2.34. The first-order valence-electron chi connectivity index (χ1n) is 5.05. The van der Waals surface area contributed by atoms with Gasteiger partial charge >= 0.3 is 0 Å². The summed E-state index contributed by atoms with van der Waals surface area (Å²) >= 11 is 0. The monoisotopic (exact) mass is 174 g/mol. The SMILES string of the molecule is CCCC(F)C1(O)CCCCC1. The zero-order valence-electron chi connectivity index (χ0n) is 7.85. The van der Waals surface area contributed by atoms with E-state index < -0.39 is 11.8 Å². The molecule has 0 spiro atoms. The summed E-state index contributed by atoms with van der Waals surface area (Å²) in [5, 5.41) is 9.90.